The van der Waals surface area contributed by atoms with Gasteiger partial charge >= 0.3 is 12.6 Å². The van der Waals surface area contributed by atoms with Gasteiger partial charge in [0.2, 0.25) is 5.78 Å². The molecule has 0 aliphatic rings. The lowest BCUT2D eigenvalue weighted by Gasteiger charge is -2.11. The summed E-state index contributed by atoms with van der Waals surface area (Å²) >= 11 is 0. The Bertz CT molecular complexity index is 1250. The van der Waals surface area contributed by atoms with Crippen molar-refractivity contribution in [3.05, 3.63) is 93.3 Å². The molecule has 2 aromatic carbocycles. The van der Waals surface area contributed by atoms with Crippen molar-refractivity contribution in [2.45, 2.75) is 20.5 Å². The number of hydrogen-bond donors (Lipinski definition) is 0. The number of non-ortho nitro benzene ring substituents is 1. The summed E-state index contributed by atoms with van der Waals surface area (Å²) in [6.07, 6.45) is 2.44. The van der Waals surface area contributed by atoms with Crippen molar-refractivity contribution in [3.63, 3.8) is 0 Å². The van der Waals surface area contributed by atoms with Gasteiger partial charge in [-0.3, -0.25) is 14.9 Å². The van der Waals surface area contributed by atoms with Gasteiger partial charge in [-0.05, 0) is 55.8 Å². The van der Waals surface area contributed by atoms with E-state index >= 15 is 0 Å². The van der Waals surface area contributed by atoms with Crippen LogP contribution in [-0.4, -0.2) is 34.5 Å². The SMILES string of the molecule is Cc1cc(C(=O)COC(=O)/C=C/c2cccc([N+](=O)[O-])c2)c(C)n1-c1ccc(OC(F)F)cc1. The molecule has 3 rings (SSSR count). The predicted octanol–water partition coefficient (Wildman–Crippen LogP) is 5.04. The second-order valence-electron chi connectivity index (χ2n) is 7.21. The molecule has 0 bridgehead atoms. The molecular weight excluding hydrogens is 450 g/mol. The number of carbonyl (C=O) groups is 2. The number of hydrogen-bond acceptors (Lipinski definition) is 6. The van der Waals surface area contributed by atoms with E-state index in [9.17, 15) is 28.5 Å². The Kier molecular flexibility index (Phi) is 7.52. The fraction of sp³-hybridized carbons (Fsp3) is 0.167. The van der Waals surface area contributed by atoms with Crippen LogP contribution in [0, 0.1) is 24.0 Å². The molecule has 0 unspecified atom stereocenters. The molecule has 0 amide bonds. The number of ketones is 1. The standard InChI is InChI=1S/C24H20F2N2O6/c1-15-12-21(16(2)27(15)18-7-9-20(10-8-18)34-24(25)26)22(29)14-33-23(30)11-6-17-4-3-5-19(13-17)28(31)32/h3-13,24H,14H2,1-2H3/b11-6+. The minimum absolute atomic E-state index is 0.0163. The van der Waals surface area contributed by atoms with Crippen LogP contribution < -0.4 is 4.74 Å². The summed E-state index contributed by atoms with van der Waals surface area (Å²) in [5, 5.41) is 10.8. The molecule has 0 aliphatic heterocycles. The number of Topliss-reactive ketones (excluding diaryl/α,β-unsaturated/α-hetero) is 1. The number of carbonyl (C=O) groups excluding carboxylic acids is 2. The number of ether oxygens (including phenoxy) is 2. The Morgan fingerprint density at radius 3 is 2.47 bits per heavy atom. The van der Waals surface area contributed by atoms with Crippen molar-refractivity contribution in [2.75, 3.05) is 6.61 Å². The van der Waals surface area contributed by atoms with Crippen molar-refractivity contribution >= 4 is 23.5 Å². The van der Waals surface area contributed by atoms with Gasteiger partial charge < -0.3 is 14.0 Å². The molecule has 0 fully saturated rings. The average Bonchev–Trinajstić information content (AvgIpc) is 3.10. The van der Waals surface area contributed by atoms with Crippen LogP contribution in [0.1, 0.15) is 27.3 Å². The smallest absolute Gasteiger partial charge is 0.387 e. The van der Waals surface area contributed by atoms with Gasteiger partial charge in [-0.15, -0.1) is 0 Å². The molecule has 176 valence electrons. The number of rotatable bonds is 9. The number of halogens is 2. The summed E-state index contributed by atoms with van der Waals surface area (Å²) < 4.78 is 35.8. The molecule has 8 nitrogen and oxygen atoms in total. The molecule has 0 aliphatic carbocycles. The topological polar surface area (TPSA) is 101 Å². The fourth-order valence-electron chi connectivity index (χ4n) is 3.39. The van der Waals surface area contributed by atoms with Gasteiger partial charge in [-0.2, -0.15) is 8.78 Å². The summed E-state index contributed by atoms with van der Waals surface area (Å²) in [5.41, 5.74) is 2.63. The zero-order valence-electron chi connectivity index (χ0n) is 18.2. The van der Waals surface area contributed by atoms with E-state index in [0.29, 0.717) is 22.5 Å². The Hall–Kier alpha value is -4.34. The molecule has 0 spiro atoms. The number of nitro groups is 1. The maximum Gasteiger partial charge on any atom is 0.387 e. The largest absolute Gasteiger partial charge is 0.454 e. The van der Waals surface area contributed by atoms with Crippen LogP contribution in [0.15, 0.2) is 60.7 Å². The highest BCUT2D eigenvalue weighted by molar-refractivity contribution is 6.00. The third-order valence-corrected chi connectivity index (χ3v) is 4.89. The second-order valence-corrected chi connectivity index (χ2v) is 7.21. The van der Waals surface area contributed by atoms with E-state index in [1.165, 1.54) is 36.4 Å². The van der Waals surface area contributed by atoms with E-state index in [2.05, 4.69) is 4.74 Å². The van der Waals surface area contributed by atoms with Gasteiger partial charge in [0.15, 0.2) is 6.61 Å². The number of esters is 1. The fourth-order valence-corrected chi connectivity index (χ4v) is 3.39. The highest BCUT2D eigenvalue weighted by Gasteiger charge is 2.18. The van der Waals surface area contributed by atoms with Crippen molar-refractivity contribution in [2.24, 2.45) is 0 Å². The van der Waals surface area contributed by atoms with Crippen LogP contribution in [0.3, 0.4) is 0 Å². The van der Waals surface area contributed by atoms with E-state index in [1.807, 2.05) is 0 Å². The van der Waals surface area contributed by atoms with Gasteiger partial charge in [0.1, 0.15) is 5.75 Å². The van der Waals surface area contributed by atoms with Crippen LogP contribution in [0.25, 0.3) is 11.8 Å². The first-order valence-electron chi connectivity index (χ1n) is 10.0. The second kappa shape index (κ2) is 10.5. The third kappa shape index (κ3) is 5.91. The van der Waals surface area contributed by atoms with Gasteiger partial charge in [0.25, 0.3) is 5.69 Å². The number of alkyl halides is 2. The van der Waals surface area contributed by atoms with E-state index in [1.54, 1.807) is 42.7 Å². The lowest BCUT2D eigenvalue weighted by molar-refractivity contribution is -0.384. The molecule has 0 atom stereocenters. The lowest BCUT2D eigenvalue weighted by Crippen LogP contribution is -2.13. The Labute approximate surface area is 193 Å². The van der Waals surface area contributed by atoms with E-state index in [-0.39, 0.29) is 11.4 Å². The maximum atomic E-state index is 12.6. The summed E-state index contributed by atoms with van der Waals surface area (Å²) in [7, 11) is 0. The first kappa shape index (κ1) is 24.3. The zero-order valence-corrected chi connectivity index (χ0v) is 18.2. The molecule has 3 aromatic rings. The van der Waals surface area contributed by atoms with Crippen LogP contribution >= 0.6 is 0 Å². The summed E-state index contributed by atoms with van der Waals surface area (Å²) in [6.45, 7) is 0.0762. The first-order valence-corrected chi connectivity index (χ1v) is 10.0. The number of nitro benzene ring substituents is 1. The third-order valence-electron chi connectivity index (χ3n) is 4.89. The van der Waals surface area contributed by atoms with E-state index in [4.69, 9.17) is 4.74 Å². The van der Waals surface area contributed by atoms with Crippen molar-refractivity contribution in [3.8, 4) is 11.4 Å². The number of benzene rings is 2. The zero-order chi connectivity index (χ0) is 24.8. The number of aryl methyl sites for hydroxylation is 1. The Morgan fingerprint density at radius 2 is 1.82 bits per heavy atom. The molecule has 0 saturated heterocycles. The molecule has 10 heteroatoms. The molecule has 0 radical (unpaired) electrons. The summed E-state index contributed by atoms with van der Waals surface area (Å²) in [5.74, 6) is -1.18. The molecule has 1 aromatic heterocycles. The Morgan fingerprint density at radius 1 is 1.12 bits per heavy atom. The van der Waals surface area contributed by atoms with Crippen LogP contribution in [0.5, 0.6) is 5.75 Å². The molecule has 0 saturated carbocycles. The Balaban J connectivity index is 1.66. The highest BCUT2D eigenvalue weighted by Crippen LogP contribution is 2.24. The van der Waals surface area contributed by atoms with E-state index in [0.717, 1.165) is 11.8 Å². The van der Waals surface area contributed by atoms with Crippen molar-refractivity contribution < 1.29 is 32.8 Å². The number of nitrogens with zero attached hydrogens (tertiary/aromatic N) is 2. The average molecular weight is 470 g/mol. The maximum absolute atomic E-state index is 12.6. The van der Waals surface area contributed by atoms with Crippen LogP contribution in [0.4, 0.5) is 14.5 Å². The molecule has 0 N–H and O–H groups in total. The van der Waals surface area contributed by atoms with Crippen molar-refractivity contribution in [1.29, 1.82) is 0 Å². The molecular formula is C24H20F2N2O6. The quantitative estimate of drug-likeness (QED) is 0.143. The van der Waals surface area contributed by atoms with Crippen LogP contribution in [-0.2, 0) is 9.53 Å². The van der Waals surface area contributed by atoms with Crippen LogP contribution in [0.2, 0.25) is 0 Å². The van der Waals surface area contributed by atoms with E-state index < -0.39 is 29.9 Å². The summed E-state index contributed by atoms with van der Waals surface area (Å²) in [4.78, 5) is 34.9. The first-order chi connectivity index (χ1) is 16.2. The van der Waals surface area contributed by atoms with Gasteiger partial charge in [0, 0.05) is 40.8 Å². The molecule has 1 heterocycles. The van der Waals surface area contributed by atoms with Gasteiger partial charge in [-0.1, -0.05) is 12.1 Å². The monoisotopic (exact) mass is 470 g/mol. The predicted molar refractivity (Wildman–Crippen MR) is 119 cm³/mol. The lowest BCUT2D eigenvalue weighted by atomic mass is 10.1. The minimum Gasteiger partial charge on any atom is -0.454 e. The minimum atomic E-state index is -2.92. The van der Waals surface area contributed by atoms with Gasteiger partial charge in [0.05, 0.1) is 4.92 Å². The normalized spacial score (nSPS) is 11.1. The molecule has 34 heavy (non-hydrogen) atoms. The van der Waals surface area contributed by atoms with Crippen molar-refractivity contribution in [1.82, 2.24) is 4.57 Å². The number of aromatic nitrogens is 1. The highest BCUT2D eigenvalue weighted by atomic mass is 19.3. The summed E-state index contributed by atoms with van der Waals surface area (Å²) in [6, 6.07) is 13.3. The van der Waals surface area contributed by atoms with Gasteiger partial charge in [-0.25, -0.2) is 4.79 Å².